The highest BCUT2D eigenvalue weighted by Gasteiger charge is 2.16. The number of H-pyrrole nitrogens is 1. The second kappa shape index (κ2) is 6.69. The minimum Gasteiger partial charge on any atom is -0.342 e. The molecular formula is C14H15ClN4OS. The Morgan fingerprint density at radius 2 is 2.24 bits per heavy atom. The van der Waals surface area contributed by atoms with Crippen molar-refractivity contribution < 1.29 is 4.79 Å². The maximum atomic E-state index is 12.2. The lowest BCUT2D eigenvalue weighted by molar-refractivity contribution is 0.0937. The molecule has 1 aromatic heterocycles. The van der Waals surface area contributed by atoms with Gasteiger partial charge in [0.1, 0.15) is 0 Å². The van der Waals surface area contributed by atoms with Crippen molar-refractivity contribution in [1.82, 2.24) is 20.1 Å². The standard InChI is InChI=1S/C14H15ClN4OS/c1-3-8-19-12(17-18-14(19)21)9(2)16-13(20)10-4-6-11(15)7-5-10/h3-7,9H,1,8H2,2H3,(H,16,20)(H,18,21)/t9-/m1/s1. The number of hydrogen-bond acceptors (Lipinski definition) is 3. The Bertz CT molecular complexity index is 705. The van der Waals surface area contributed by atoms with Crippen LogP contribution in [0.2, 0.25) is 5.02 Å². The van der Waals surface area contributed by atoms with Gasteiger partial charge in [-0.25, -0.2) is 0 Å². The quantitative estimate of drug-likeness (QED) is 0.656. The number of halogens is 1. The van der Waals surface area contributed by atoms with Crippen LogP contribution in [-0.4, -0.2) is 20.7 Å². The molecule has 0 unspecified atom stereocenters. The molecular weight excluding hydrogens is 308 g/mol. The lowest BCUT2D eigenvalue weighted by Crippen LogP contribution is -2.28. The zero-order valence-electron chi connectivity index (χ0n) is 11.5. The molecule has 110 valence electrons. The predicted octanol–water partition coefficient (Wildman–Crippen LogP) is 3.27. The first-order chi connectivity index (χ1) is 10.0. The van der Waals surface area contributed by atoms with Gasteiger partial charge in [0.2, 0.25) is 0 Å². The molecule has 0 aliphatic heterocycles. The molecule has 2 N–H and O–H groups in total. The number of aromatic nitrogens is 3. The van der Waals surface area contributed by atoms with Gasteiger partial charge in [-0.05, 0) is 43.4 Å². The first kappa shape index (κ1) is 15.5. The molecule has 2 rings (SSSR count). The fourth-order valence-corrected chi connectivity index (χ4v) is 2.25. The maximum absolute atomic E-state index is 12.2. The lowest BCUT2D eigenvalue weighted by atomic mass is 10.2. The van der Waals surface area contributed by atoms with Gasteiger partial charge in [-0.3, -0.25) is 14.5 Å². The van der Waals surface area contributed by atoms with Crippen molar-refractivity contribution >= 4 is 29.7 Å². The van der Waals surface area contributed by atoms with Crippen LogP contribution in [0.5, 0.6) is 0 Å². The van der Waals surface area contributed by atoms with E-state index in [2.05, 4.69) is 22.1 Å². The number of nitrogens with zero attached hydrogens (tertiary/aromatic N) is 2. The van der Waals surface area contributed by atoms with Crippen molar-refractivity contribution in [3.63, 3.8) is 0 Å². The molecule has 0 saturated carbocycles. The van der Waals surface area contributed by atoms with E-state index in [1.807, 2.05) is 6.92 Å². The summed E-state index contributed by atoms with van der Waals surface area (Å²) in [5.41, 5.74) is 0.538. The van der Waals surface area contributed by atoms with Gasteiger partial charge in [-0.15, -0.1) is 6.58 Å². The van der Waals surface area contributed by atoms with Gasteiger partial charge >= 0.3 is 0 Å². The minimum atomic E-state index is -0.291. The van der Waals surface area contributed by atoms with Gasteiger partial charge < -0.3 is 5.32 Å². The molecule has 21 heavy (non-hydrogen) atoms. The molecule has 1 atom stereocenters. The van der Waals surface area contributed by atoms with Crippen LogP contribution in [0.25, 0.3) is 0 Å². The molecule has 2 aromatic rings. The third-order valence-corrected chi connectivity index (χ3v) is 3.50. The number of nitrogens with one attached hydrogen (secondary N) is 2. The van der Waals surface area contributed by atoms with Crippen molar-refractivity contribution in [3.8, 4) is 0 Å². The van der Waals surface area contributed by atoms with Crippen molar-refractivity contribution in [2.45, 2.75) is 19.5 Å². The number of benzene rings is 1. The van der Waals surface area contributed by atoms with Crippen molar-refractivity contribution in [2.75, 3.05) is 0 Å². The predicted molar refractivity (Wildman–Crippen MR) is 84.9 cm³/mol. The summed E-state index contributed by atoms with van der Waals surface area (Å²) >= 11 is 11.0. The van der Waals surface area contributed by atoms with E-state index in [9.17, 15) is 4.79 Å². The third-order valence-electron chi connectivity index (χ3n) is 2.94. The largest absolute Gasteiger partial charge is 0.342 e. The zero-order valence-corrected chi connectivity index (χ0v) is 13.0. The summed E-state index contributed by atoms with van der Waals surface area (Å²) in [6.45, 7) is 6.06. The second-order valence-electron chi connectivity index (χ2n) is 4.49. The van der Waals surface area contributed by atoms with Crippen molar-refractivity contribution in [1.29, 1.82) is 0 Å². The highest BCUT2D eigenvalue weighted by Crippen LogP contribution is 2.13. The molecule has 0 radical (unpaired) electrons. The van der Waals surface area contributed by atoms with Gasteiger partial charge in [0.15, 0.2) is 10.6 Å². The topological polar surface area (TPSA) is 62.7 Å². The minimum absolute atomic E-state index is 0.196. The number of rotatable bonds is 5. The van der Waals surface area contributed by atoms with Crippen molar-refractivity contribution in [2.24, 2.45) is 0 Å². The molecule has 0 aliphatic carbocycles. The third kappa shape index (κ3) is 3.59. The van der Waals surface area contributed by atoms with E-state index in [1.165, 1.54) is 0 Å². The molecule has 0 spiro atoms. The number of aromatic amines is 1. The van der Waals surface area contributed by atoms with Gasteiger partial charge in [0, 0.05) is 17.1 Å². The summed E-state index contributed by atoms with van der Waals surface area (Å²) in [6, 6.07) is 6.40. The summed E-state index contributed by atoms with van der Waals surface area (Å²) in [5.74, 6) is 0.459. The second-order valence-corrected chi connectivity index (χ2v) is 5.31. The highest BCUT2D eigenvalue weighted by molar-refractivity contribution is 7.71. The monoisotopic (exact) mass is 322 g/mol. The highest BCUT2D eigenvalue weighted by atomic mass is 35.5. The Labute approximate surface area is 132 Å². The fourth-order valence-electron chi connectivity index (χ4n) is 1.91. The summed E-state index contributed by atoms with van der Waals surface area (Å²) in [4.78, 5) is 12.2. The van der Waals surface area contributed by atoms with E-state index in [0.717, 1.165) is 0 Å². The number of carbonyl (C=O) groups is 1. The Morgan fingerprint density at radius 1 is 1.57 bits per heavy atom. The van der Waals surface area contributed by atoms with Crippen LogP contribution in [0.4, 0.5) is 0 Å². The Hall–Kier alpha value is -1.92. The summed E-state index contributed by atoms with van der Waals surface area (Å²) in [6.07, 6.45) is 1.72. The smallest absolute Gasteiger partial charge is 0.251 e. The first-order valence-electron chi connectivity index (χ1n) is 6.35. The Balaban J connectivity index is 2.16. The number of amides is 1. The maximum Gasteiger partial charge on any atom is 0.251 e. The van der Waals surface area contributed by atoms with Crippen LogP contribution in [0.15, 0.2) is 36.9 Å². The molecule has 0 fully saturated rings. The molecule has 1 heterocycles. The summed E-state index contributed by atoms with van der Waals surface area (Å²) in [5, 5.41) is 10.3. The average molecular weight is 323 g/mol. The van der Waals surface area contributed by atoms with Gasteiger partial charge in [-0.1, -0.05) is 17.7 Å². The number of hydrogen-bond donors (Lipinski definition) is 2. The van der Waals surface area contributed by atoms with Crippen LogP contribution in [0.3, 0.4) is 0 Å². The summed E-state index contributed by atoms with van der Waals surface area (Å²) < 4.78 is 2.28. The molecule has 5 nitrogen and oxygen atoms in total. The number of allylic oxidation sites excluding steroid dienone is 1. The number of carbonyl (C=O) groups excluding carboxylic acids is 1. The van der Waals surface area contributed by atoms with Gasteiger partial charge in [-0.2, -0.15) is 5.10 Å². The van der Waals surface area contributed by atoms with Gasteiger partial charge in [0.25, 0.3) is 5.91 Å². The molecule has 1 amide bonds. The van der Waals surface area contributed by atoms with E-state index in [0.29, 0.717) is 27.7 Å². The molecule has 7 heteroatoms. The molecule has 0 aliphatic rings. The fraction of sp³-hybridized carbons (Fsp3) is 0.214. The SMILES string of the molecule is C=CCn1c([C@@H](C)NC(=O)c2ccc(Cl)cc2)n[nH]c1=S. The Kier molecular flexibility index (Phi) is 4.93. The van der Waals surface area contributed by atoms with Crippen LogP contribution in [-0.2, 0) is 6.54 Å². The normalized spacial score (nSPS) is 11.9. The first-order valence-corrected chi connectivity index (χ1v) is 7.14. The van der Waals surface area contributed by atoms with Crippen LogP contribution < -0.4 is 5.32 Å². The van der Waals surface area contributed by atoms with Crippen LogP contribution >= 0.6 is 23.8 Å². The molecule has 0 saturated heterocycles. The van der Waals surface area contributed by atoms with Crippen LogP contribution in [0.1, 0.15) is 29.1 Å². The van der Waals surface area contributed by atoms with Gasteiger partial charge in [0.05, 0.1) is 6.04 Å². The van der Waals surface area contributed by atoms with E-state index < -0.39 is 0 Å². The lowest BCUT2D eigenvalue weighted by Gasteiger charge is -2.14. The summed E-state index contributed by atoms with van der Waals surface area (Å²) in [7, 11) is 0. The Morgan fingerprint density at radius 3 is 2.86 bits per heavy atom. The molecule has 1 aromatic carbocycles. The van der Waals surface area contributed by atoms with Crippen molar-refractivity contribution in [3.05, 3.63) is 58.1 Å². The van der Waals surface area contributed by atoms with E-state index in [1.54, 1.807) is 34.9 Å². The van der Waals surface area contributed by atoms with Crippen LogP contribution in [0, 0.1) is 4.77 Å². The van der Waals surface area contributed by atoms with E-state index in [4.69, 9.17) is 23.8 Å². The molecule has 0 bridgehead atoms. The zero-order chi connectivity index (χ0) is 15.4. The van der Waals surface area contributed by atoms with E-state index in [-0.39, 0.29) is 11.9 Å². The average Bonchev–Trinajstić information content (AvgIpc) is 2.81. The van der Waals surface area contributed by atoms with E-state index >= 15 is 0 Å².